The molecule has 0 atom stereocenters. The van der Waals surface area contributed by atoms with Gasteiger partial charge in [-0.2, -0.15) is 0 Å². The van der Waals surface area contributed by atoms with Gasteiger partial charge in [-0.15, -0.1) is 24.8 Å². The highest BCUT2D eigenvalue weighted by Gasteiger charge is 2.30. The Morgan fingerprint density at radius 2 is 1.81 bits per heavy atom. The number of nitrogens with one attached hydrogen (secondary N) is 1. The number of benzene rings is 1. The molecule has 9 heteroatoms. The van der Waals surface area contributed by atoms with E-state index in [0.717, 1.165) is 12.1 Å². The second-order valence-corrected chi connectivity index (χ2v) is 4.01. The largest absolute Gasteiger partial charge is 0.573 e. The normalized spacial score (nSPS) is 11.0. The number of hydrogen-bond acceptors (Lipinski definition) is 4. The maximum absolute atomic E-state index is 11.9. The van der Waals surface area contributed by atoms with Crippen LogP contribution in [-0.2, 0) is 9.47 Å². The third-order valence-corrected chi connectivity index (χ3v) is 2.17. The molecular formula is C12H13ClF3NO4. The molecule has 0 spiro atoms. The second kappa shape index (κ2) is 8.58. The van der Waals surface area contributed by atoms with Crippen molar-refractivity contribution in [3.05, 3.63) is 24.3 Å². The summed E-state index contributed by atoms with van der Waals surface area (Å²) in [5.41, 5.74) is 0.274. The van der Waals surface area contributed by atoms with E-state index in [1.165, 1.54) is 12.1 Å². The molecular weight excluding hydrogens is 315 g/mol. The molecule has 0 heterocycles. The fraction of sp³-hybridized carbons (Fsp3) is 0.417. The summed E-state index contributed by atoms with van der Waals surface area (Å²) in [6, 6.07) is 4.66. The first-order valence-electron chi connectivity index (χ1n) is 5.84. The standard InChI is InChI=1S/C12H13ClF3NO4/c13-5-6-19-7-8-20-11(18)17-9-1-3-10(4-2-9)21-12(14,15)16/h1-4H,5-8H2,(H,17,18). The lowest BCUT2D eigenvalue weighted by molar-refractivity contribution is -0.274. The lowest BCUT2D eigenvalue weighted by Gasteiger charge is -2.10. The third-order valence-electron chi connectivity index (χ3n) is 2.02. The zero-order valence-electron chi connectivity index (χ0n) is 10.8. The van der Waals surface area contributed by atoms with Gasteiger partial charge in [0.1, 0.15) is 12.4 Å². The van der Waals surface area contributed by atoms with Crippen LogP contribution in [-0.4, -0.2) is 38.2 Å². The predicted molar refractivity (Wildman–Crippen MR) is 69.6 cm³/mol. The molecule has 21 heavy (non-hydrogen) atoms. The van der Waals surface area contributed by atoms with Gasteiger partial charge in [-0.1, -0.05) is 0 Å². The number of amides is 1. The first-order chi connectivity index (χ1) is 9.90. The molecule has 1 rings (SSSR count). The average Bonchev–Trinajstić information content (AvgIpc) is 2.39. The molecule has 0 radical (unpaired) electrons. The molecule has 1 N–H and O–H groups in total. The summed E-state index contributed by atoms with van der Waals surface area (Å²) in [6.45, 7) is 0.601. The quantitative estimate of drug-likeness (QED) is 0.616. The summed E-state index contributed by atoms with van der Waals surface area (Å²) in [4.78, 5) is 11.3. The van der Waals surface area contributed by atoms with Gasteiger partial charge in [0.15, 0.2) is 0 Å². The third kappa shape index (κ3) is 8.26. The summed E-state index contributed by atoms with van der Waals surface area (Å²) < 4.78 is 49.3. The SMILES string of the molecule is O=C(Nc1ccc(OC(F)(F)F)cc1)OCCOCCCl. The molecule has 0 aliphatic carbocycles. The maximum Gasteiger partial charge on any atom is 0.573 e. The van der Waals surface area contributed by atoms with E-state index in [-0.39, 0.29) is 24.7 Å². The zero-order valence-corrected chi connectivity index (χ0v) is 11.5. The van der Waals surface area contributed by atoms with Gasteiger partial charge in [0.25, 0.3) is 0 Å². The van der Waals surface area contributed by atoms with Crippen LogP contribution in [0.2, 0.25) is 0 Å². The van der Waals surface area contributed by atoms with E-state index in [2.05, 4.69) is 10.1 Å². The van der Waals surface area contributed by atoms with E-state index >= 15 is 0 Å². The van der Waals surface area contributed by atoms with Crippen molar-refractivity contribution >= 4 is 23.4 Å². The number of ether oxygens (including phenoxy) is 3. The van der Waals surface area contributed by atoms with Gasteiger partial charge in [-0.05, 0) is 24.3 Å². The molecule has 0 saturated heterocycles. The number of hydrogen-bond donors (Lipinski definition) is 1. The Morgan fingerprint density at radius 1 is 1.14 bits per heavy atom. The van der Waals surface area contributed by atoms with Crippen LogP contribution in [0.3, 0.4) is 0 Å². The fourth-order valence-electron chi connectivity index (χ4n) is 1.24. The first kappa shape index (κ1) is 17.4. The van der Waals surface area contributed by atoms with Gasteiger partial charge in [0.2, 0.25) is 0 Å². The number of carbonyl (C=O) groups is 1. The van der Waals surface area contributed by atoms with Gasteiger partial charge >= 0.3 is 12.5 Å². The molecule has 0 aromatic heterocycles. The Bertz CT molecular complexity index is 439. The number of alkyl halides is 4. The van der Waals surface area contributed by atoms with Crippen LogP contribution in [0.15, 0.2) is 24.3 Å². The highest BCUT2D eigenvalue weighted by atomic mass is 35.5. The van der Waals surface area contributed by atoms with Crippen molar-refractivity contribution in [1.29, 1.82) is 0 Å². The topological polar surface area (TPSA) is 56.8 Å². The Morgan fingerprint density at radius 3 is 2.38 bits per heavy atom. The summed E-state index contributed by atoms with van der Waals surface area (Å²) in [5, 5.41) is 2.34. The van der Waals surface area contributed by atoms with Crippen LogP contribution in [0.4, 0.5) is 23.7 Å². The van der Waals surface area contributed by atoms with Gasteiger partial charge in [-0.3, -0.25) is 5.32 Å². The average molecular weight is 328 g/mol. The molecule has 1 amide bonds. The molecule has 0 aliphatic rings. The van der Waals surface area contributed by atoms with Crippen LogP contribution in [0, 0.1) is 0 Å². The van der Waals surface area contributed by atoms with Crippen LogP contribution in [0.25, 0.3) is 0 Å². The minimum absolute atomic E-state index is 0.0397. The zero-order chi connectivity index (χ0) is 15.7. The monoisotopic (exact) mass is 327 g/mol. The Balaban J connectivity index is 2.33. The molecule has 118 valence electrons. The summed E-state index contributed by atoms with van der Waals surface area (Å²) in [5.74, 6) is -0.0330. The van der Waals surface area contributed by atoms with E-state index in [1.807, 2.05) is 0 Å². The van der Waals surface area contributed by atoms with E-state index in [9.17, 15) is 18.0 Å². The maximum atomic E-state index is 11.9. The highest BCUT2D eigenvalue weighted by Crippen LogP contribution is 2.23. The van der Waals surface area contributed by atoms with Gasteiger partial charge < -0.3 is 14.2 Å². The minimum Gasteiger partial charge on any atom is -0.447 e. The second-order valence-electron chi connectivity index (χ2n) is 3.63. The molecule has 1 aromatic rings. The van der Waals surface area contributed by atoms with E-state index in [4.69, 9.17) is 21.1 Å². The molecule has 0 aliphatic heterocycles. The molecule has 0 saturated carbocycles. The minimum atomic E-state index is -4.75. The summed E-state index contributed by atoms with van der Waals surface area (Å²) in [7, 11) is 0. The number of rotatable bonds is 7. The van der Waals surface area contributed by atoms with Crippen molar-refractivity contribution in [3.8, 4) is 5.75 Å². The molecule has 5 nitrogen and oxygen atoms in total. The molecule has 1 aromatic carbocycles. The summed E-state index contributed by atoms with van der Waals surface area (Å²) >= 11 is 5.38. The first-order valence-corrected chi connectivity index (χ1v) is 6.37. The number of anilines is 1. The smallest absolute Gasteiger partial charge is 0.447 e. The van der Waals surface area contributed by atoms with Gasteiger partial charge in [0.05, 0.1) is 13.2 Å². The van der Waals surface area contributed by atoms with E-state index in [0.29, 0.717) is 12.5 Å². The molecule has 0 unspecified atom stereocenters. The van der Waals surface area contributed by atoms with Crippen molar-refractivity contribution in [2.75, 3.05) is 31.0 Å². The Kier molecular flexibility index (Phi) is 7.10. The number of carbonyl (C=O) groups excluding carboxylic acids is 1. The molecule has 0 fully saturated rings. The lowest BCUT2D eigenvalue weighted by Crippen LogP contribution is -2.18. The van der Waals surface area contributed by atoms with Gasteiger partial charge in [-0.25, -0.2) is 4.79 Å². The summed E-state index contributed by atoms with van der Waals surface area (Å²) in [6.07, 6.45) is -5.49. The molecule has 0 bridgehead atoms. The van der Waals surface area contributed by atoms with Crippen molar-refractivity contribution in [3.63, 3.8) is 0 Å². The predicted octanol–water partition coefficient (Wildman–Crippen LogP) is 3.39. The Hall–Kier alpha value is -1.67. The van der Waals surface area contributed by atoms with Crippen LogP contribution in [0.1, 0.15) is 0 Å². The Labute approximate surface area is 123 Å². The van der Waals surface area contributed by atoms with Crippen LogP contribution in [0.5, 0.6) is 5.75 Å². The highest BCUT2D eigenvalue weighted by molar-refractivity contribution is 6.17. The van der Waals surface area contributed by atoms with Crippen molar-refractivity contribution in [2.45, 2.75) is 6.36 Å². The van der Waals surface area contributed by atoms with E-state index in [1.54, 1.807) is 0 Å². The lowest BCUT2D eigenvalue weighted by atomic mass is 10.3. The van der Waals surface area contributed by atoms with Crippen molar-refractivity contribution < 1.29 is 32.2 Å². The number of halogens is 4. The van der Waals surface area contributed by atoms with E-state index < -0.39 is 12.5 Å². The fourth-order valence-corrected chi connectivity index (χ4v) is 1.35. The van der Waals surface area contributed by atoms with Crippen molar-refractivity contribution in [2.24, 2.45) is 0 Å². The van der Waals surface area contributed by atoms with Gasteiger partial charge in [0, 0.05) is 11.6 Å². The van der Waals surface area contributed by atoms with Crippen molar-refractivity contribution in [1.82, 2.24) is 0 Å². The van der Waals surface area contributed by atoms with Crippen LogP contribution >= 0.6 is 11.6 Å². The van der Waals surface area contributed by atoms with Crippen LogP contribution < -0.4 is 10.1 Å².